The van der Waals surface area contributed by atoms with Gasteiger partial charge in [-0.1, -0.05) is 29.7 Å². The van der Waals surface area contributed by atoms with Crippen LogP contribution in [0.5, 0.6) is 5.75 Å². The molecule has 0 atom stereocenters. The standard InChI is InChI=1S/C29H35ClN2O4.C4H4O4/c1-4-18-35-19-20-36-26-13-14-27-24(21-26)10-9-23-11-12-25(30)22-28(23)32(27)17-6-5-15-31(2)16-7-8-29(33)34-3;5-3-8-2-1-4(6)7/h1,7-8,11-14,21-22H,5-6,9-10,15-20H2,2-3H3;1-3H,(H,6,7)/b8-7+;2-1-. The molecular formula is C33H39ClN2O8. The summed E-state index contributed by atoms with van der Waals surface area (Å²) in [5.41, 5.74) is 4.92. The SMILES string of the molecule is C#CCOCCOc1ccc2c(c1)CCc1ccc(Cl)cc1N2CCCCN(C)C/C=C/C(=O)OC.O=CO/C=C\C(=O)O. The van der Waals surface area contributed by atoms with Crippen molar-refractivity contribution >= 4 is 41.4 Å². The predicted molar refractivity (Wildman–Crippen MR) is 169 cm³/mol. The minimum Gasteiger partial charge on any atom is -0.491 e. The van der Waals surface area contributed by atoms with Gasteiger partial charge in [-0.05, 0) is 80.7 Å². The Labute approximate surface area is 263 Å². The second-order valence-electron chi connectivity index (χ2n) is 9.59. The van der Waals surface area contributed by atoms with Crippen molar-refractivity contribution in [2.75, 3.05) is 58.5 Å². The lowest BCUT2D eigenvalue weighted by atomic mass is 10.0. The molecule has 0 aliphatic carbocycles. The largest absolute Gasteiger partial charge is 0.491 e. The number of anilines is 2. The lowest BCUT2D eigenvalue weighted by molar-refractivity contribution is -0.135. The molecule has 0 fully saturated rings. The summed E-state index contributed by atoms with van der Waals surface area (Å²) in [6.07, 6.45) is 13.9. The highest BCUT2D eigenvalue weighted by Crippen LogP contribution is 2.39. The van der Waals surface area contributed by atoms with Gasteiger partial charge in [0, 0.05) is 35.6 Å². The number of terminal acetylenes is 1. The number of hydrogen-bond acceptors (Lipinski definition) is 9. The zero-order chi connectivity index (χ0) is 32.2. The van der Waals surface area contributed by atoms with E-state index in [4.69, 9.17) is 32.6 Å². The molecule has 3 rings (SSSR count). The summed E-state index contributed by atoms with van der Waals surface area (Å²) in [6.45, 7) is 3.88. The lowest BCUT2D eigenvalue weighted by Gasteiger charge is -2.28. The lowest BCUT2D eigenvalue weighted by Crippen LogP contribution is -2.23. The van der Waals surface area contributed by atoms with E-state index in [2.05, 4.69) is 56.5 Å². The molecule has 236 valence electrons. The van der Waals surface area contributed by atoms with Crippen molar-refractivity contribution in [2.24, 2.45) is 0 Å². The molecule has 2 aromatic rings. The minimum atomic E-state index is -1.15. The van der Waals surface area contributed by atoms with Crippen LogP contribution in [0.3, 0.4) is 0 Å². The van der Waals surface area contributed by atoms with E-state index in [0.717, 1.165) is 55.8 Å². The maximum atomic E-state index is 11.2. The highest BCUT2D eigenvalue weighted by molar-refractivity contribution is 6.30. The van der Waals surface area contributed by atoms with Crippen LogP contribution in [0.25, 0.3) is 0 Å². The van der Waals surface area contributed by atoms with Crippen LogP contribution in [0.4, 0.5) is 11.4 Å². The zero-order valence-electron chi connectivity index (χ0n) is 25.1. The Hall–Kier alpha value is -4.30. The van der Waals surface area contributed by atoms with E-state index in [-0.39, 0.29) is 12.4 Å². The van der Waals surface area contributed by atoms with E-state index in [9.17, 15) is 14.4 Å². The Morgan fingerprint density at radius 2 is 1.89 bits per heavy atom. The van der Waals surface area contributed by atoms with Crippen molar-refractivity contribution in [2.45, 2.75) is 25.7 Å². The molecule has 0 bridgehead atoms. The van der Waals surface area contributed by atoms with Crippen LogP contribution < -0.4 is 9.64 Å². The second-order valence-corrected chi connectivity index (χ2v) is 10.0. The summed E-state index contributed by atoms with van der Waals surface area (Å²) >= 11 is 6.41. The van der Waals surface area contributed by atoms with Crippen molar-refractivity contribution in [3.63, 3.8) is 0 Å². The minimum absolute atomic E-state index is 0.138. The average Bonchev–Trinajstić information content (AvgIpc) is 3.15. The number of likely N-dealkylation sites (N-methyl/N-ethyl adjacent to an activating group) is 1. The Bertz CT molecular complexity index is 1320. The van der Waals surface area contributed by atoms with Gasteiger partial charge >= 0.3 is 11.9 Å². The number of fused-ring (bicyclic) bond motifs is 2. The van der Waals surface area contributed by atoms with Crippen LogP contribution in [0.15, 0.2) is 60.9 Å². The van der Waals surface area contributed by atoms with Crippen LogP contribution in [-0.4, -0.2) is 82.0 Å². The fraction of sp³-hybridized carbons (Fsp3) is 0.364. The number of carboxylic acid groups (broad SMARTS) is 1. The molecule has 0 aromatic heterocycles. The number of carbonyl (C=O) groups excluding carboxylic acids is 2. The maximum Gasteiger partial charge on any atom is 0.331 e. The van der Waals surface area contributed by atoms with Crippen LogP contribution in [0.2, 0.25) is 5.02 Å². The monoisotopic (exact) mass is 626 g/mol. The van der Waals surface area contributed by atoms with Crippen molar-refractivity contribution in [1.82, 2.24) is 4.90 Å². The molecule has 2 aromatic carbocycles. The summed E-state index contributed by atoms with van der Waals surface area (Å²) in [5.74, 6) is 1.82. The number of halogens is 1. The van der Waals surface area contributed by atoms with Gasteiger partial charge in [-0.3, -0.25) is 4.79 Å². The summed E-state index contributed by atoms with van der Waals surface area (Å²) in [6, 6.07) is 12.5. The molecule has 11 heteroatoms. The van der Waals surface area contributed by atoms with Gasteiger partial charge in [0.2, 0.25) is 0 Å². The number of methoxy groups -OCH3 is 1. The first-order chi connectivity index (χ1) is 21.3. The third-order valence-corrected chi connectivity index (χ3v) is 6.65. The van der Waals surface area contributed by atoms with Crippen LogP contribution in [0, 0.1) is 12.3 Å². The predicted octanol–water partition coefficient (Wildman–Crippen LogP) is 4.80. The quantitative estimate of drug-likeness (QED) is 0.0695. The molecule has 1 aliphatic rings. The number of carbonyl (C=O) groups is 3. The number of carboxylic acids is 1. The molecule has 0 unspecified atom stereocenters. The van der Waals surface area contributed by atoms with E-state index in [1.165, 1.54) is 35.7 Å². The number of nitrogens with zero attached hydrogens (tertiary/aromatic N) is 2. The molecule has 0 saturated carbocycles. The third-order valence-electron chi connectivity index (χ3n) is 6.41. The smallest absolute Gasteiger partial charge is 0.331 e. The average molecular weight is 627 g/mol. The second kappa shape index (κ2) is 20.6. The number of hydrogen-bond donors (Lipinski definition) is 1. The molecule has 0 radical (unpaired) electrons. The Balaban J connectivity index is 0.000000742. The number of unbranched alkanes of at least 4 members (excludes halogenated alkanes) is 1. The van der Waals surface area contributed by atoms with E-state index in [1.807, 2.05) is 18.2 Å². The maximum absolute atomic E-state index is 11.2. The van der Waals surface area contributed by atoms with Crippen LogP contribution in [-0.2, 0) is 41.4 Å². The van der Waals surface area contributed by atoms with Gasteiger partial charge < -0.3 is 33.9 Å². The molecule has 44 heavy (non-hydrogen) atoms. The van der Waals surface area contributed by atoms with E-state index in [0.29, 0.717) is 32.4 Å². The van der Waals surface area contributed by atoms with Crippen molar-refractivity contribution < 1.29 is 38.4 Å². The molecule has 10 nitrogen and oxygen atoms in total. The van der Waals surface area contributed by atoms with Crippen molar-refractivity contribution in [3.05, 3.63) is 77.0 Å². The number of benzene rings is 2. The number of rotatable bonds is 16. The topological polar surface area (TPSA) is 115 Å². The first-order valence-corrected chi connectivity index (χ1v) is 14.4. The van der Waals surface area contributed by atoms with Gasteiger partial charge in [0.1, 0.15) is 25.2 Å². The van der Waals surface area contributed by atoms with E-state index in [1.54, 1.807) is 0 Å². The van der Waals surface area contributed by atoms with Gasteiger partial charge in [0.25, 0.3) is 6.47 Å². The molecule has 1 N–H and O–H groups in total. The summed E-state index contributed by atoms with van der Waals surface area (Å²) in [5, 5.41) is 8.60. The number of aryl methyl sites for hydroxylation is 2. The fourth-order valence-corrected chi connectivity index (χ4v) is 4.54. The molecule has 1 heterocycles. The van der Waals surface area contributed by atoms with Gasteiger partial charge in [-0.15, -0.1) is 6.42 Å². The van der Waals surface area contributed by atoms with Gasteiger partial charge in [0.15, 0.2) is 0 Å². The summed E-state index contributed by atoms with van der Waals surface area (Å²) in [7, 11) is 3.44. The fourth-order valence-electron chi connectivity index (χ4n) is 4.37. The Morgan fingerprint density at radius 3 is 2.61 bits per heavy atom. The van der Waals surface area contributed by atoms with Crippen LogP contribution in [0.1, 0.15) is 24.0 Å². The number of ether oxygens (including phenoxy) is 4. The van der Waals surface area contributed by atoms with Crippen LogP contribution >= 0.6 is 11.6 Å². The van der Waals surface area contributed by atoms with Crippen molar-refractivity contribution in [1.29, 1.82) is 0 Å². The molecule has 0 saturated heterocycles. The van der Waals surface area contributed by atoms with Gasteiger partial charge in [-0.2, -0.15) is 0 Å². The molecule has 1 aliphatic heterocycles. The first-order valence-electron chi connectivity index (χ1n) is 14.0. The third kappa shape index (κ3) is 13.3. The normalized spacial score (nSPS) is 12.0. The van der Waals surface area contributed by atoms with Gasteiger partial charge in [0.05, 0.1) is 19.8 Å². The molecule has 0 spiro atoms. The molecular weight excluding hydrogens is 588 g/mol. The molecule has 0 amide bonds. The van der Waals surface area contributed by atoms with Gasteiger partial charge in [-0.25, -0.2) is 9.59 Å². The Kier molecular flexibility index (Phi) is 16.8. The Morgan fingerprint density at radius 1 is 1.09 bits per heavy atom. The summed E-state index contributed by atoms with van der Waals surface area (Å²) in [4.78, 5) is 34.7. The van der Waals surface area contributed by atoms with E-state index < -0.39 is 5.97 Å². The number of aliphatic carboxylic acids is 1. The highest BCUT2D eigenvalue weighted by atomic mass is 35.5. The zero-order valence-corrected chi connectivity index (χ0v) is 25.8. The number of esters is 1. The van der Waals surface area contributed by atoms with Crippen molar-refractivity contribution in [3.8, 4) is 18.1 Å². The highest BCUT2D eigenvalue weighted by Gasteiger charge is 2.21. The summed E-state index contributed by atoms with van der Waals surface area (Å²) < 4.78 is 19.7. The first kappa shape index (κ1) is 35.9. The van der Waals surface area contributed by atoms with E-state index >= 15 is 0 Å².